The van der Waals surface area contributed by atoms with Gasteiger partial charge in [-0.2, -0.15) is 0 Å². The molecule has 4 heteroatoms. The Balaban J connectivity index is 1.49. The molecule has 2 bridgehead atoms. The number of carbonyl (C=O) groups excluding carboxylic acids is 1. The second-order valence-corrected chi connectivity index (χ2v) is 7.83. The van der Waals surface area contributed by atoms with Crippen molar-refractivity contribution in [1.82, 2.24) is 4.90 Å². The smallest absolute Gasteiger partial charge is 0.228 e. The molecule has 1 saturated heterocycles. The minimum atomic E-state index is -0.556. The zero-order chi connectivity index (χ0) is 14.6. The van der Waals surface area contributed by atoms with Gasteiger partial charge in [0.1, 0.15) is 6.23 Å². The summed E-state index contributed by atoms with van der Waals surface area (Å²) in [6.45, 7) is 0.887. The quantitative estimate of drug-likeness (QED) is 0.831. The Morgan fingerprint density at radius 1 is 1.05 bits per heavy atom. The number of likely N-dealkylation sites (tertiary alicyclic amines) is 1. The van der Waals surface area contributed by atoms with Crippen molar-refractivity contribution >= 4 is 5.91 Å². The van der Waals surface area contributed by atoms with Crippen LogP contribution >= 0.6 is 0 Å². The molecule has 3 saturated carbocycles. The molecular weight excluding hydrogens is 266 g/mol. The van der Waals surface area contributed by atoms with Crippen molar-refractivity contribution < 1.29 is 15.0 Å². The molecule has 4 rings (SSSR count). The fourth-order valence-electron chi connectivity index (χ4n) is 5.88. The van der Waals surface area contributed by atoms with Crippen LogP contribution in [-0.4, -0.2) is 40.4 Å². The van der Waals surface area contributed by atoms with Gasteiger partial charge in [0.05, 0.1) is 0 Å². The summed E-state index contributed by atoms with van der Waals surface area (Å²) < 4.78 is 0. The van der Waals surface area contributed by atoms with Crippen molar-refractivity contribution in [3.8, 4) is 0 Å². The summed E-state index contributed by atoms with van der Waals surface area (Å²) in [5, 5.41) is 20.2. The molecule has 118 valence electrons. The maximum Gasteiger partial charge on any atom is 0.228 e. The fraction of sp³-hybridized carbons (Fsp3) is 0.941. The van der Waals surface area contributed by atoms with E-state index < -0.39 is 6.23 Å². The first-order valence-electron chi connectivity index (χ1n) is 8.80. The van der Waals surface area contributed by atoms with Crippen LogP contribution in [0.25, 0.3) is 0 Å². The number of amides is 1. The highest BCUT2D eigenvalue weighted by Crippen LogP contribution is 2.57. The largest absolute Gasteiger partial charge is 0.396 e. The predicted octanol–water partition coefficient (Wildman–Crippen LogP) is 1.61. The maximum atomic E-state index is 12.8. The zero-order valence-corrected chi connectivity index (χ0v) is 12.7. The molecule has 7 atom stereocenters. The van der Waals surface area contributed by atoms with E-state index in [2.05, 4.69) is 0 Å². The van der Waals surface area contributed by atoms with E-state index >= 15 is 0 Å². The summed E-state index contributed by atoms with van der Waals surface area (Å²) in [5.74, 6) is 2.31. The van der Waals surface area contributed by atoms with Gasteiger partial charge in [-0.1, -0.05) is 12.8 Å². The molecule has 3 aliphatic carbocycles. The van der Waals surface area contributed by atoms with Crippen molar-refractivity contribution in [2.75, 3.05) is 13.2 Å². The monoisotopic (exact) mass is 293 g/mol. The first kappa shape index (κ1) is 14.0. The number of carbonyl (C=O) groups is 1. The number of hydrogen-bond donors (Lipinski definition) is 2. The Morgan fingerprint density at radius 2 is 1.76 bits per heavy atom. The van der Waals surface area contributed by atoms with E-state index in [9.17, 15) is 15.0 Å². The van der Waals surface area contributed by atoms with Crippen LogP contribution in [0.1, 0.15) is 44.9 Å². The van der Waals surface area contributed by atoms with Crippen LogP contribution in [0.5, 0.6) is 0 Å². The summed E-state index contributed by atoms with van der Waals surface area (Å²) in [7, 11) is 0. The average Bonchev–Trinajstić information content (AvgIpc) is 3.17. The summed E-state index contributed by atoms with van der Waals surface area (Å²) in [5.41, 5.74) is 0. The standard InChI is InChI=1S/C17H27NO3/c19-9-13-4-2-1-3-12(13)8-18-16(20)14-10-5-6-11(7-10)15(14)17(18)21/h10-16,19-20H,1-9H2/t10-,11+,12-,13?,14+,15-,16?/m0/s1. The van der Waals surface area contributed by atoms with Gasteiger partial charge >= 0.3 is 0 Å². The van der Waals surface area contributed by atoms with E-state index in [1.165, 1.54) is 25.7 Å². The molecule has 0 aromatic heterocycles. The number of rotatable bonds is 3. The highest BCUT2D eigenvalue weighted by molar-refractivity contribution is 5.83. The van der Waals surface area contributed by atoms with Crippen LogP contribution < -0.4 is 0 Å². The van der Waals surface area contributed by atoms with Gasteiger partial charge in [-0.05, 0) is 55.8 Å². The van der Waals surface area contributed by atoms with E-state index in [0.717, 1.165) is 19.3 Å². The predicted molar refractivity (Wildman–Crippen MR) is 78.1 cm³/mol. The Kier molecular flexibility index (Phi) is 3.49. The van der Waals surface area contributed by atoms with Crippen LogP contribution in [0, 0.1) is 35.5 Å². The number of aliphatic hydroxyl groups excluding tert-OH is 2. The molecule has 0 aromatic rings. The minimum Gasteiger partial charge on any atom is -0.396 e. The molecule has 4 nitrogen and oxygen atoms in total. The normalized spacial score (nSPS) is 49.0. The molecule has 1 amide bonds. The lowest BCUT2D eigenvalue weighted by Gasteiger charge is -2.35. The van der Waals surface area contributed by atoms with Gasteiger partial charge in [0.25, 0.3) is 0 Å². The summed E-state index contributed by atoms with van der Waals surface area (Å²) in [6.07, 6.45) is 7.52. The number of fused-ring (bicyclic) bond motifs is 5. The second-order valence-electron chi connectivity index (χ2n) is 7.83. The van der Waals surface area contributed by atoms with Crippen molar-refractivity contribution in [2.24, 2.45) is 35.5 Å². The Morgan fingerprint density at radius 3 is 2.48 bits per heavy atom. The SMILES string of the molecule is O=C1[C@H]2[C@@H]3CC[C@@H](C3)[C@H]2C(O)N1C[C@@H]1CCCCC1CO. The second kappa shape index (κ2) is 5.24. The van der Waals surface area contributed by atoms with Crippen molar-refractivity contribution in [3.05, 3.63) is 0 Å². The van der Waals surface area contributed by atoms with Crippen LogP contribution in [0.4, 0.5) is 0 Å². The number of aliphatic hydroxyl groups is 2. The molecule has 4 aliphatic rings. The Labute approximate surface area is 126 Å². The molecule has 1 aliphatic heterocycles. The van der Waals surface area contributed by atoms with Gasteiger partial charge in [0, 0.05) is 25.0 Å². The maximum absolute atomic E-state index is 12.8. The lowest BCUT2D eigenvalue weighted by Crippen LogP contribution is -2.42. The summed E-state index contributed by atoms with van der Waals surface area (Å²) in [4.78, 5) is 14.5. The fourth-order valence-corrected chi connectivity index (χ4v) is 5.88. The third-order valence-electron chi connectivity index (χ3n) is 6.94. The first-order chi connectivity index (χ1) is 10.2. The van der Waals surface area contributed by atoms with E-state index in [-0.39, 0.29) is 24.3 Å². The molecule has 1 heterocycles. The molecule has 0 aromatic carbocycles. The summed E-state index contributed by atoms with van der Waals surface area (Å²) in [6, 6.07) is 0. The lowest BCUT2D eigenvalue weighted by atomic mass is 9.79. The van der Waals surface area contributed by atoms with Gasteiger partial charge in [-0.25, -0.2) is 0 Å². The first-order valence-corrected chi connectivity index (χ1v) is 8.80. The minimum absolute atomic E-state index is 0.106. The van der Waals surface area contributed by atoms with E-state index in [1.807, 2.05) is 0 Å². The van der Waals surface area contributed by atoms with Gasteiger partial charge in [-0.3, -0.25) is 4.79 Å². The molecular formula is C17H27NO3. The number of hydrogen-bond acceptors (Lipinski definition) is 3. The van der Waals surface area contributed by atoms with Gasteiger partial charge < -0.3 is 15.1 Å². The van der Waals surface area contributed by atoms with E-state index in [1.54, 1.807) is 4.90 Å². The van der Waals surface area contributed by atoms with E-state index in [0.29, 0.717) is 30.2 Å². The van der Waals surface area contributed by atoms with Crippen LogP contribution in [0.15, 0.2) is 0 Å². The highest BCUT2D eigenvalue weighted by atomic mass is 16.3. The Bertz CT molecular complexity index is 426. The third kappa shape index (κ3) is 2.06. The van der Waals surface area contributed by atoms with E-state index in [4.69, 9.17) is 0 Å². The molecule has 2 unspecified atom stereocenters. The van der Waals surface area contributed by atoms with Gasteiger partial charge in [0.15, 0.2) is 0 Å². The number of nitrogens with zero attached hydrogens (tertiary/aromatic N) is 1. The summed E-state index contributed by atoms with van der Waals surface area (Å²) >= 11 is 0. The van der Waals surface area contributed by atoms with Crippen LogP contribution in [-0.2, 0) is 4.79 Å². The van der Waals surface area contributed by atoms with Gasteiger partial charge in [0.2, 0.25) is 5.91 Å². The molecule has 2 N–H and O–H groups in total. The lowest BCUT2D eigenvalue weighted by molar-refractivity contribution is -0.138. The van der Waals surface area contributed by atoms with Crippen molar-refractivity contribution in [2.45, 2.75) is 51.2 Å². The van der Waals surface area contributed by atoms with Crippen LogP contribution in [0.2, 0.25) is 0 Å². The van der Waals surface area contributed by atoms with Crippen molar-refractivity contribution in [3.63, 3.8) is 0 Å². The molecule has 0 radical (unpaired) electrons. The highest BCUT2D eigenvalue weighted by Gasteiger charge is 2.60. The topological polar surface area (TPSA) is 60.8 Å². The van der Waals surface area contributed by atoms with Gasteiger partial charge in [-0.15, -0.1) is 0 Å². The molecule has 21 heavy (non-hydrogen) atoms. The Hall–Kier alpha value is -0.610. The molecule has 4 fully saturated rings. The third-order valence-corrected chi connectivity index (χ3v) is 6.94. The molecule has 0 spiro atoms. The van der Waals surface area contributed by atoms with Crippen molar-refractivity contribution in [1.29, 1.82) is 0 Å². The van der Waals surface area contributed by atoms with Crippen LogP contribution in [0.3, 0.4) is 0 Å². The average molecular weight is 293 g/mol. The zero-order valence-electron chi connectivity index (χ0n) is 12.7.